The third-order valence-corrected chi connectivity index (χ3v) is 5.09. The van der Waals surface area contributed by atoms with E-state index >= 15 is 0 Å². The first-order valence-electron chi connectivity index (χ1n) is 9.72. The Labute approximate surface area is 190 Å². The Morgan fingerprint density at radius 3 is 2.21 bits per heavy atom. The summed E-state index contributed by atoms with van der Waals surface area (Å²) in [5, 5.41) is 3.49. The van der Waals surface area contributed by atoms with E-state index in [4.69, 9.17) is 9.47 Å². The number of rotatable bonds is 6. The Morgan fingerprint density at radius 1 is 0.931 bits per heavy atom. The third-order valence-electron chi connectivity index (χ3n) is 5.09. The van der Waals surface area contributed by atoms with Gasteiger partial charge in [0.25, 0.3) is 0 Å². The normalized spacial score (nSPS) is 14.2. The van der Waals surface area contributed by atoms with Crippen LogP contribution in [-0.2, 0) is 6.42 Å². The van der Waals surface area contributed by atoms with Crippen molar-refractivity contribution in [3.63, 3.8) is 0 Å². The van der Waals surface area contributed by atoms with E-state index in [1.54, 1.807) is 14.2 Å². The standard InChI is InChI=1S/C22H30N4O2.HI/c1-23-22(24-13-12-18-8-4-6-10-20(18)27-2)26-16-14-25(15-17-26)19-9-5-7-11-21(19)28-3;/h4-11H,12-17H2,1-3H3,(H,23,24);1H. The first-order valence-corrected chi connectivity index (χ1v) is 9.72. The molecule has 0 saturated carbocycles. The molecular formula is C22H31IN4O2. The molecule has 1 N–H and O–H groups in total. The van der Waals surface area contributed by atoms with Gasteiger partial charge in [-0.2, -0.15) is 0 Å². The van der Waals surface area contributed by atoms with Gasteiger partial charge in [0.05, 0.1) is 19.9 Å². The molecule has 6 nitrogen and oxygen atoms in total. The summed E-state index contributed by atoms with van der Waals surface area (Å²) < 4.78 is 10.9. The fourth-order valence-corrected chi connectivity index (χ4v) is 3.60. The Balaban J connectivity index is 0.00000300. The molecular weight excluding hydrogens is 479 g/mol. The number of nitrogens with one attached hydrogen (secondary N) is 1. The SMILES string of the molecule is CN=C(NCCc1ccccc1OC)N1CCN(c2ccccc2OC)CC1.I. The number of halogens is 1. The molecule has 0 unspecified atom stereocenters. The number of nitrogens with zero attached hydrogens (tertiary/aromatic N) is 3. The third kappa shape index (κ3) is 5.91. The van der Waals surface area contributed by atoms with Crippen LogP contribution in [0.1, 0.15) is 5.56 Å². The number of methoxy groups -OCH3 is 2. The van der Waals surface area contributed by atoms with E-state index in [0.29, 0.717) is 0 Å². The van der Waals surface area contributed by atoms with Gasteiger partial charge in [-0.25, -0.2) is 0 Å². The number of aliphatic imine (C=N–C) groups is 1. The van der Waals surface area contributed by atoms with Crippen molar-refractivity contribution in [1.82, 2.24) is 10.2 Å². The van der Waals surface area contributed by atoms with Gasteiger partial charge in [0.1, 0.15) is 11.5 Å². The number of anilines is 1. The van der Waals surface area contributed by atoms with Crippen LogP contribution >= 0.6 is 24.0 Å². The molecule has 1 aliphatic rings. The summed E-state index contributed by atoms with van der Waals surface area (Å²) in [6, 6.07) is 16.3. The Kier molecular flexibility index (Phi) is 9.37. The number of piperazine rings is 1. The predicted octanol–water partition coefficient (Wildman–Crippen LogP) is 3.26. The van der Waals surface area contributed by atoms with Crippen molar-refractivity contribution in [1.29, 1.82) is 0 Å². The largest absolute Gasteiger partial charge is 0.496 e. The smallest absolute Gasteiger partial charge is 0.193 e. The molecule has 1 saturated heterocycles. The zero-order valence-electron chi connectivity index (χ0n) is 17.4. The van der Waals surface area contributed by atoms with E-state index in [0.717, 1.165) is 62.3 Å². The van der Waals surface area contributed by atoms with Crippen molar-refractivity contribution in [2.75, 3.05) is 58.9 Å². The molecule has 7 heteroatoms. The summed E-state index contributed by atoms with van der Waals surface area (Å²) >= 11 is 0. The van der Waals surface area contributed by atoms with Crippen molar-refractivity contribution in [3.8, 4) is 11.5 Å². The number of hydrogen-bond donors (Lipinski definition) is 1. The van der Waals surface area contributed by atoms with Crippen LogP contribution in [0.4, 0.5) is 5.69 Å². The molecule has 1 fully saturated rings. The number of guanidine groups is 1. The lowest BCUT2D eigenvalue weighted by Crippen LogP contribution is -2.52. The average Bonchev–Trinajstić information content (AvgIpc) is 2.77. The maximum atomic E-state index is 5.51. The molecule has 0 amide bonds. The molecule has 0 radical (unpaired) electrons. The minimum atomic E-state index is 0. The predicted molar refractivity (Wildman–Crippen MR) is 130 cm³/mol. The topological polar surface area (TPSA) is 49.3 Å². The zero-order valence-corrected chi connectivity index (χ0v) is 19.8. The summed E-state index contributed by atoms with van der Waals surface area (Å²) in [6.07, 6.45) is 0.893. The second kappa shape index (κ2) is 11.7. The molecule has 2 aromatic rings. The van der Waals surface area contributed by atoms with Crippen LogP contribution < -0.4 is 19.7 Å². The highest BCUT2D eigenvalue weighted by molar-refractivity contribution is 14.0. The molecule has 3 rings (SSSR count). The molecule has 0 spiro atoms. The maximum absolute atomic E-state index is 5.51. The van der Waals surface area contributed by atoms with E-state index in [-0.39, 0.29) is 24.0 Å². The van der Waals surface area contributed by atoms with Gasteiger partial charge in [0, 0.05) is 39.8 Å². The lowest BCUT2D eigenvalue weighted by Gasteiger charge is -2.38. The summed E-state index contributed by atoms with van der Waals surface area (Å²) in [6.45, 7) is 4.54. The Hall–Kier alpha value is -2.16. The van der Waals surface area contributed by atoms with Crippen molar-refractivity contribution in [3.05, 3.63) is 54.1 Å². The van der Waals surface area contributed by atoms with Gasteiger partial charge in [-0.05, 0) is 30.2 Å². The molecule has 1 aliphatic heterocycles. The number of para-hydroxylation sites is 3. The fraction of sp³-hybridized carbons (Fsp3) is 0.409. The van der Waals surface area contributed by atoms with E-state index in [2.05, 4.69) is 38.3 Å². The van der Waals surface area contributed by atoms with E-state index < -0.39 is 0 Å². The Bertz CT molecular complexity index is 792. The molecule has 0 aliphatic carbocycles. The van der Waals surface area contributed by atoms with Gasteiger partial charge in [-0.3, -0.25) is 4.99 Å². The fourth-order valence-electron chi connectivity index (χ4n) is 3.60. The number of ether oxygens (including phenoxy) is 2. The summed E-state index contributed by atoms with van der Waals surface area (Å²) in [4.78, 5) is 9.16. The summed E-state index contributed by atoms with van der Waals surface area (Å²) in [5.41, 5.74) is 2.36. The molecule has 0 atom stereocenters. The van der Waals surface area contributed by atoms with Crippen LogP contribution in [0.2, 0.25) is 0 Å². The second-order valence-corrected chi connectivity index (χ2v) is 6.68. The van der Waals surface area contributed by atoms with Gasteiger partial charge in [0.2, 0.25) is 0 Å². The monoisotopic (exact) mass is 510 g/mol. The van der Waals surface area contributed by atoms with Crippen molar-refractivity contribution < 1.29 is 9.47 Å². The second-order valence-electron chi connectivity index (χ2n) is 6.68. The van der Waals surface area contributed by atoms with Crippen LogP contribution in [0.25, 0.3) is 0 Å². The van der Waals surface area contributed by atoms with Gasteiger partial charge < -0.3 is 24.6 Å². The van der Waals surface area contributed by atoms with Gasteiger partial charge in [-0.1, -0.05) is 30.3 Å². The lowest BCUT2D eigenvalue weighted by molar-refractivity contribution is 0.367. The van der Waals surface area contributed by atoms with Crippen molar-refractivity contribution in [2.24, 2.45) is 4.99 Å². The van der Waals surface area contributed by atoms with Crippen LogP contribution in [0.5, 0.6) is 11.5 Å². The quantitative estimate of drug-likeness (QED) is 0.368. The highest BCUT2D eigenvalue weighted by Crippen LogP contribution is 2.28. The van der Waals surface area contributed by atoms with Crippen LogP contribution in [0, 0.1) is 0 Å². The van der Waals surface area contributed by atoms with Gasteiger partial charge >= 0.3 is 0 Å². The van der Waals surface area contributed by atoms with Crippen LogP contribution in [0.15, 0.2) is 53.5 Å². The molecule has 0 bridgehead atoms. The number of hydrogen-bond acceptors (Lipinski definition) is 4. The summed E-state index contributed by atoms with van der Waals surface area (Å²) in [5.74, 6) is 2.81. The van der Waals surface area contributed by atoms with Crippen molar-refractivity contribution >= 4 is 35.6 Å². The van der Waals surface area contributed by atoms with Gasteiger partial charge in [0.15, 0.2) is 5.96 Å². The minimum absolute atomic E-state index is 0. The van der Waals surface area contributed by atoms with Crippen LogP contribution in [0.3, 0.4) is 0 Å². The van der Waals surface area contributed by atoms with Gasteiger partial charge in [-0.15, -0.1) is 24.0 Å². The van der Waals surface area contributed by atoms with Crippen LogP contribution in [-0.4, -0.2) is 64.9 Å². The highest BCUT2D eigenvalue weighted by atomic mass is 127. The molecule has 0 aromatic heterocycles. The maximum Gasteiger partial charge on any atom is 0.193 e. The molecule has 29 heavy (non-hydrogen) atoms. The first-order chi connectivity index (χ1) is 13.8. The molecule has 1 heterocycles. The summed E-state index contributed by atoms with van der Waals surface area (Å²) in [7, 11) is 5.28. The average molecular weight is 510 g/mol. The lowest BCUT2D eigenvalue weighted by atomic mass is 10.1. The molecule has 158 valence electrons. The van der Waals surface area contributed by atoms with E-state index in [1.807, 2.05) is 37.4 Å². The zero-order chi connectivity index (χ0) is 19.8. The van der Waals surface area contributed by atoms with E-state index in [9.17, 15) is 0 Å². The number of benzene rings is 2. The minimum Gasteiger partial charge on any atom is -0.496 e. The highest BCUT2D eigenvalue weighted by Gasteiger charge is 2.21. The Morgan fingerprint density at radius 2 is 1.55 bits per heavy atom. The van der Waals surface area contributed by atoms with Crippen molar-refractivity contribution in [2.45, 2.75) is 6.42 Å². The van der Waals surface area contributed by atoms with E-state index in [1.165, 1.54) is 5.56 Å². The first kappa shape index (κ1) is 23.1. The molecule has 2 aromatic carbocycles.